The number of ether oxygens (including phenoxy) is 2. The van der Waals surface area contributed by atoms with Crippen molar-refractivity contribution in [3.63, 3.8) is 0 Å². The molecule has 0 saturated carbocycles. The highest BCUT2D eigenvalue weighted by Crippen LogP contribution is 2.28. The number of nitrogens with one attached hydrogen (secondary N) is 2. The maximum Gasteiger partial charge on any atom is 0.255 e. The average molecular weight is 463 g/mol. The molecule has 9 heteroatoms. The zero-order valence-electron chi connectivity index (χ0n) is 18.8. The molecule has 0 radical (unpaired) electrons. The third-order valence-corrected chi connectivity index (χ3v) is 5.49. The van der Waals surface area contributed by atoms with E-state index in [1.807, 2.05) is 6.07 Å². The molecule has 0 aliphatic carbocycles. The lowest BCUT2D eigenvalue weighted by Crippen LogP contribution is -2.38. The normalized spacial score (nSPS) is 13.3. The number of phenolic OH excluding ortho intramolecular Hbond substituents is 1. The molecule has 3 aromatic rings. The third-order valence-electron chi connectivity index (χ3n) is 5.49. The van der Waals surface area contributed by atoms with E-state index in [1.54, 1.807) is 54.9 Å². The largest absolute Gasteiger partial charge is 0.504 e. The van der Waals surface area contributed by atoms with Crippen molar-refractivity contribution in [3.05, 3.63) is 77.6 Å². The molecule has 1 saturated heterocycles. The van der Waals surface area contributed by atoms with Crippen LogP contribution in [-0.2, 0) is 11.3 Å². The predicted molar refractivity (Wildman–Crippen MR) is 127 cm³/mol. The summed E-state index contributed by atoms with van der Waals surface area (Å²) in [4.78, 5) is 31.8. The molecule has 34 heavy (non-hydrogen) atoms. The fraction of sp³-hybridized carbons (Fsp3) is 0.240. The number of rotatable bonds is 7. The number of anilines is 2. The summed E-state index contributed by atoms with van der Waals surface area (Å²) in [6, 6.07) is 13.5. The Morgan fingerprint density at radius 2 is 1.82 bits per heavy atom. The van der Waals surface area contributed by atoms with Crippen LogP contribution < -0.4 is 20.3 Å². The Labute approximate surface area is 197 Å². The molecule has 176 valence electrons. The van der Waals surface area contributed by atoms with E-state index < -0.39 is 0 Å². The molecule has 0 spiro atoms. The van der Waals surface area contributed by atoms with Gasteiger partial charge in [-0.25, -0.2) is 0 Å². The smallest absolute Gasteiger partial charge is 0.255 e. The molecule has 0 unspecified atom stereocenters. The maximum atomic E-state index is 13.2. The first-order chi connectivity index (χ1) is 16.5. The summed E-state index contributed by atoms with van der Waals surface area (Å²) in [5.74, 6) is -0.218. The molecule has 2 heterocycles. The van der Waals surface area contributed by atoms with Crippen molar-refractivity contribution in [2.75, 3.05) is 43.6 Å². The van der Waals surface area contributed by atoms with Gasteiger partial charge in [-0.3, -0.25) is 14.6 Å². The third kappa shape index (κ3) is 5.44. The van der Waals surface area contributed by atoms with Crippen LogP contribution in [0.15, 0.2) is 60.9 Å². The molecule has 9 nitrogen and oxygen atoms in total. The SMILES string of the molecule is COc1ccc(CNC(=O)c2cc(NC(=O)c3ccncc3)ccc2N2CCOCC2)cc1O. The highest BCUT2D eigenvalue weighted by atomic mass is 16.5. The second kappa shape index (κ2) is 10.7. The number of aromatic nitrogens is 1. The van der Waals surface area contributed by atoms with Crippen LogP contribution in [0, 0.1) is 0 Å². The van der Waals surface area contributed by atoms with Crippen LogP contribution in [0.2, 0.25) is 0 Å². The highest BCUT2D eigenvalue weighted by molar-refractivity contribution is 6.06. The van der Waals surface area contributed by atoms with Crippen LogP contribution in [0.25, 0.3) is 0 Å². The van der Waals surface area contributed by atoms with Crippen molar-refractivity contribution in [1.82, 2.24) is 10.3 Å². The first-order valence-corrected chi connectivity index (χ1v) is 10.9. The first-order valence-electron chi connectivity index (χ1n) is 10.9. The van der Waals surface area contributed by atoms with Crippen molar-refractivity contribution in [1.29, 1.82) is 0 Å². The summed E-state index contributed by atoms with van der Waals surface area (Å²) in [5.41, 5.74) is 2.90. The van der Waals surface area contributed by atoms with Gasteiger partial charge in [0.15, 0.2) is 11.5 Å². The molecule has 1 aliphatic rings. The Bertz CT molecular complexity index is 1160. The predicted octanol–water partition coefficient (Wildman–Crippen LogP) is 2.81. The van der Waals surface area contributed by atoms with Crippen LogP contribution in [0.4, 0.5) is 11.4 Å². The number of hydrogen-bond donors (Lipinski definition) is 3. The number of methoxy groups -OCH3 is 1. The molecule has 2 aromatic carbocycles. The number of carbonyl (C=O) groups excluding carboxylic acids is 2. The molecule has 0 bridgehead atoms. The zero-order valence-corrected chi connectivity index (χ0v) is 18.8. The molecule has 3 N–H and O–H groups in total. The fourth-order valence-corrected chi connectivity index (χ4v) is 3.71. The van der Waals surface area contributed by atoms with E-state index in [2.05, 4.69) is 20.5 Å². The topological polar surface area (TPSA) is 113 Å². The number of pyridine rings is 1. The Balaban J connectivity index is 1.55. The van der Waals surface area contributed by atoms with E-state index in [4.69, 9.17) is 9.47 Å². The minimum Gasteiger partial charge on any atom is -0.504 e. The number of amides is 2. The van der Waals surface area contributed by atoms with E-state index in [1.165, 1.54) is 7.11 Å². The lowest BCUT2D eigenvalue weighted by molar-refractivity contribution is 0.0948. The van der Waals surface area contributed by atoms with Gasteiger partial charge in [-0.2, -0.15) is 0 Å². The number of nitrogens with zero attached hydrogens (tertiary/aromatic N) is 2. The van der Waals surface area contributed by atoms with E-state index >= 15 is 0 Å². The summed E-state index contributed by atoms with van der Waals surface area (Å²) in [6.07, 6.45) is 3.10. The number of benzene rings is 2. The minimum absolute atomic E-state index is 0.00377. The molecule has 4 rings (SSSR count). The molecule has 0 atom stereocenters. The number of hydrogen-bond acceptors (Lipinski definition) is 7. The second-order valence-corrected chi connectivity index (χ2v) is 7.71. The number of phenols is 1. The van der Waals surface area contributed by atoms with Gasteiger partial charge in [0.25, 0.3) is 11.8 Å². The lowest BCUT2D eigenvalue weighted by atomic mass is 10.1. The van der Waals surface area contributed by atoms with Crippen LogP contribution in [0.3, 0.4) is 0 Å². The van der Waals surface area contributed by atoms with E-state index in [0.717, 1.165) is 11.3 Å². The summed E-state index contributed by atoms with van der Waals surface area (Å²) in [5, 5.41) is 15.7. The van der Waals surface area contributed by atoms with Gasteiger partial charge in [0.2, 0.25) is 0 Å². The highest BCUT2D eigenvalue weighted by Gasteiger charge is 2.20. The van der Waals surface area contributed by atoms with Crippen molar-refractivity contribution in [2.45, 2.75) is 6.54 Å². The fourth-order valence-electron chi connectivity index (χ4n) is 3.71. The van der Waals surface area contributed by atoms with Gasteiger partial charge in [-0.05, 0) is 48.0 Å². The Hall–Kier alpha value is -4.11. The Morgan fingerprint density at radius 3 is 2.53 bits per heavy atom. The van der Waals surface area contributed by atoms with Crippen LogP contribution >= 0.6 is 0 Å². The molecule has 1 fully saturated rings. The van der Waals surface area contributed by atoms with Crippen molar-refractivity contribution in [3.8, 4) is 11.5 Å². The van der Waals surface area contributed by atoms with E-state index in [9.17, 15) is 14.7 Å². The number of aromatic hydroxyl groups is 1. The van der Waals surface area contributed by atoms with Gasteiger partial charge in [-0.15, -0.1) is 0 Å². The number of carbonyl (C=O) groups is 2. The molecule has 1 aliphatic heterocycles. The minimum atomic E-state index is -0.295. The van der Waals surface area contributed by atoms with Gasteiger partial charge in [0.1, 0.15) is 0 Å². The zero-order chi connectivity index (χ0) is 23.9. The van der Waals surface area contributed by atoms with Gasteiger partial charge in [-0.1, -0.05) is 6.07 Å². The average Bonchev–Trinajstić information content (AvgIpc) is 2.88. The monoisotopic (exact) mass is 462 g/mol. The maximum absolute atomic E-state index is 13.2. The molecular weight excluding hydrogens is 436 g/mol. The van der Waals surface area contributed by atoms with Crippen LogP contribution in [0.1, 0.15) is 26.3 Å². The Morgan fingerprint density at radius 1 is 1.06 bits per heavy atom. The molecule has 1 aromatic heterocycles. The van der Waals surface area contributed by atoms with Gasteiger partial charge < -0.3 is 30.1 Å². The van der Waals surface area contributed by atoms with Gasteiger partial charge in [0, 0.05) is 49.0 Å². The summed E-state index contributed by atoms with van der Waals surface area (Å²) >= 11 is 0. The molecular formula is C25H26N4O5. The summed E-state index contributed by atoms with van der Waals surface area (Å²) < 4.78 is 10.5. The summed E-state index contributed by atoms with van der Waals surface area (Å²) in [6.45, 7) is 2.69. The van der Waals surface area contributed by atoms with Gasteiger partial charge >= 0.3 is 0 Å². The number of morpholine rings is 1. The van der Waals surface area contributed by atoms with Gasteiger partial charge in [0.05, 0.1) is 25.9 Å². The van der Waals surface area contributed by atoms with Crippen molar-refractivity contribution in [2.24, 2.45) is 0 Å². The Kier molecular flexibility index (Phi) is 7.24. The quantitative estimate of drug-likeness (QED) is 0.495. The van der Waals surface area contributed by atoms with Crippen LogP contribution in [0.5, 0.6) is 11.5 Å². The van der Waals surface area contributed by atoms with Crippen LogP contribution in [-0.4, -0.2) is 55.3 Å². The van der Waals surface area contributed by atoms with Crippen molar-refractivity contribution < 1.29 is 24.2 Å². The summed E-state index contributed by atoms with van der Waals surface area (Å²) in [7, 11) is 1.48. The van der Waals surface area contributed by atoms with Crippen molar-refractivity contribution >= 4 is 23.2 Å². The molecule has 2 amide bonds. The standard InChI is InChI=1S/C25H26N4O5/c1-33-23-5-2-17(14-22(23)30)16-27-25(32)20-15-19(28-24(31)18-6-8-26-9-7-18)3-4-21(20)29-10-12-34-13-11-29/h2-9,14-15,30H,10-13,16H2,1H3,(H,27,32)(H,28,31). The first kappa shape index (κ1) is 23.1. The second-order valence-electron chi connectivity index (χ2n) is 7.71. The lowest BCUT2D eigenvalue weighted by Gasteiger charge is -2.30. The van der Waals surface area contributed by atoms with E-state index in [0.29, 0.717) is 48.9 Å². The van der Waals surface area contributed by atoms with E-state index in [-0.39, 0.29) is 24.1 Å².